The zero-order valence-corrected chi connectivity index (χ0v) is 19.7. The first-order chi connectivity index (χ1) is 16.0. The van der Waals surface area contributed by atoms with Crippen LogP contribution in [0.2, 0.25) is 0 Å². The molecular formula is C27H35N3O3. The molecule has 0 aromatic heterocycles. The molecule has 1 fully saturated rings. The molecule has 1 saturated carbocycles. The molecular weight excluding hydrogens is 414 g/mol. The zero-order valence-electron chi connectivity index (χ0n) is 19.7. The van der Waals surface area contributed by atoms with Crippen molar-refractivity contribution < 1.29 is 14.6 Å². The predicted octanol–water partition coefficient (Wildman–Crippen LogP) is 5.62. The van der Waals surface area contributed by atoms with E-state index in [0.29, 0.717) is 18.0 Å². The van der Waals surface area contributed by atoms with Gasteiger partial charge in [-0.2, -0.15) is 0 Å². The molecule has 0 heterocycles. The molecule has 0 aliphatic heterocycles. The Kier molecular flexibility index (Phi) is 9.19. The lowest BCUT2D eigenvalue weighted by atomic mass is 9.85. The number of carboxylic acid groups (broad SMARTS) is 1. The lowest BCUT2D eigenvalue weighted by Crippen LogP contribution is -2.25. The summed E-state index contributed by atoms with van der Waals surface area (Å²) in [4.78, 5) is 20.4. The Morgan fingerprint density at radius 3 is 2.61 bits per heavy atom. The van der Waals surface area contributed by atoms with Crippen molar-refractivity contribution >= 4 is 18.1 Å². The van der Waals surface area contributed by atoms with Gasteiger partial charge < -0.3 is 15.6 Å². The van der Waals surface area contributed by atoms with Gasteiger partial charge in [-0.1, -0.05) is 62.4 Å². The highest BCUT2D eigenvalue weighted by Crippen LogP contribution is 2.30. The van der Waals surface area contributed by atoms with E-state index in [1.807, 2.05) is 43.3 Å². The van der Waals surface area contributed by atoms with Crippen LogP contribution in [0.15, 0.2) is 52.4 Å². The summed E-state index contributed by atoms with van der Waals surface area (Å²) in [5, 5.41) is 9.71. The van der Waals surface area contributed by atoms with Gasteiger partial charge in [0.2, 0.25) is 0 Å². The monoisotopic (exact) mass is 449 g/mol. The van der Waals surface area contributed by atoms with E-state index >= 15 is 0 Å². The van der Waals surface area contributed by atoms with Crippen molar-refractivity contribution in [2.75, 3.05) is 7.05 Å². The number of ether oxygens (including phenoxy) is 1. The van der Waals surface area contributed by atoms with Crippen LogP contribution in [0.1, 0.15) is 66.4 Å². The second-order valence-electron chi connectivity index (χ2n) is 8.74. The molecule has 1 aliphatic carbocycles. The smallest absolute Gasteiger partial charge is 0.336 e. The standard InChI is InChI=1S/C27H35N3O3/c1-19-8-6-7-11-22(19)24-16-21(12-14-23(24)27(31)32)17-33-25(26(29-2)30-18-28)15-13-20-9-4-3-5-10-20/h6-8,11-12,14,16,18,20,25H,3-5,9-10,13,15,17H2,1-2H3,(H,31,32)(H2,28,29,30). The Hall–Kier alpha value is -2.99. The highest BCUT2D eigenvalue weighted by Gasteiger charge is 2.21. The van der Waals surface area contributed by atoms with Gasteiger partial charge in [-0.3, -0.25) is 4.99 Å². The van der Waals surface area contributed by atoms with Crippen LogP contribution in [-0.2, 0) is 11.3 Å². The van der Waals surface area contributed by atoms with Gasteiger partial charge in [0, 0.05) is 7.05 Å². The van der Waals surface area contributed by atoms with Gasteiger partial charge in [-0.05, 0) is 60.1 Å². The third-order valence-corrected chi connectivity index (χ3v) is 6.49. The highest BCUT2D eigenvalue weighted by atomic mass is 16.5. The zero-order chi connectivity index (χ0) is 23.6. The van der Waals surface area contributed by atoms with Crippen LogP contribution in [0.5, 0.6) is 0 Å². The number of aromatic carboxylic acids is 1. The molecule has 3 N–H and O–H groups in total. The molecule has 0 amide bonds. The number of nitrogens with zero attached hydrogens (tertiary/aromatic N) is 2. The van der Waals surface area contributed by atoms with Crippen molar-refractivity contribution in [3.05, 3.63) is 59.2 Å². The maximum atomic E-state index is 11.8. The van der Waals surface area contributed by atoms with Gasteiger partial charge in [-0.25, -0.2) is 9.79 Å². The fourth-order valence-electron chi connectivity index (χ4n) is 4.67. The molecule has 0 spiro atoms. The first kappa shape index (κ1) is 24.6. The number of aliphatic imine (C=N–C) groups is 2. The van der Waals surface area contributed by atoms with E-state index in [2.05, 4.69) is 9.98 Å². The minimum Gasteiger partial charge on any atom is -0.478 e. The van der Waals surface area contributed by atoms with Crippen LogP contribution in [0.3, 0.4) is 0 Å². The van der Waals surface area contributed by atoms with Crippen LogP contribution in [0, 0.1) is 12.8 Å². The molecule has 2 aromatic carbocycles. The first-order valence-electron chi connectivity index (χ1n) is 11.8. The van der Waals surface area contributed by atoms with E-state index in [-0.39, 0.29) is 11.7 Å². The highest BCUT2D eigenvalue weighted by molar-refractivity contribution is 5.96. The minimum atomic E-state index is -0.941. The van der Waals surface area contributed by atoms with Crippen LogP contribution >= 0.6 is 0 Å². The summed E-state index contributed by atoms with van der Waals surface area (Å²) in [5.41, 5.74) is 9.38. The molecule has 1 atom stereocenters. The molecule has 3 rings (SSSR count). The Balaban J connectivity index is 1.79. The van der Waals surface area contributed by atoms with E-state index in [1.165, 1.54) is 38.4 Å². The lowest BCUT2D eigenvalue weighted by molar-refractivity contribution is 0.0693. The molecule has 0 radical (unpaired) electrons. The topological polar surface area (TPSA) is 97.3 Å². The average molecular weight is 450 g/mol. The second-order valence-corrected chi connectivity index (χ2v) is 8.74. The Morgan fingerprint density at radius 1 is 1.18 bits per heavy atom. The summed E-state index contributed by atoms with van der Waals surface area (Å²) >= 11 is 0. The Labute approximate surface area is 196 Å². The summed E-state index contributed by atoms with van der Waals surface area (Å²) in [6, 6.07) is 13.2. The molecule has 1 unspecified atom stereocenters. The van der Waals surface area contributed by atoms with Crippen LogP contribution in [0.25, 0.3) is 11.1 Å². The second kappa shape index (κ2) is 12.3. The van der Waals surface area contributed by atoms with E-state index < -0.39 is 5.97 Å². The summed E-state index contributed by atoms with van der Waals surface area (Å²) in [5.74, 6) is 0.380. The van der Waals surface area contributed by atoms with Gasteiger partial charge >= 0.3 is 5.97 Å². The van der Waals surface area contributed by atoms with Crippen molar-refractivity contribution in [2.24, 2.45) is 21.6 Å². The van der Waals surface area contributed by atoms with Crippen LogP contribution in [0.4, 0.5) is 0 Å². The predicted molar refractivity (Wildman–Crippen MR) is 134 cm³/mol. The van der Waals surface area contributed by atoms with Gasteiger partial charge in [0.05, 0.1) is 18.5 Å². The maximum Gasteiger partial charge on any atom is 0.336 e. The number of carboxylic acids is 1. The summed E-state index contributed by atoms with van der Waals surface area (Å²) in [6.07, 6.45) is 9.44. The minimum absolute atomic E-state index is 0.252. The summed E-state index contributed by atoms with van der Waals surface area (Å²) in [7, 11) is 1.71. The fourth-order valence-corrected chi connectivity index (χ4v) is 4.67. The first-order valence-corrected chi connectivity index (χ1v) is 11.8. The van der Waals surface area contributed by atoms with E-state index in [1.54, 1.807) is 13.1 Å². The Morgan fingerprint density at radius 2 is 1.94 bits per heavy atom. The van der Waals surface area contributed by atoms with Gasteiger partial charge in [-0.15, -0.1) is 0 Å². The quantitative estimate of drug-likeness (QED) is 0.383. The number of carbonyl (C=O) groups is 1. The third kappa shape index (κ3) is 6.75. The lowest BCUT2D eigenvalue weighted by Gasteiger charge is -2.24. The van der Waals surface area contributed by atoms with Gasteiger partial charge in [0.15, 0.2) is 5.84 Å². The van der Waals surface area contributed by atoms with E-state index in [4.69, 9.17) is 10.5 Å². The third-order valence-electron chi connectivity index (χ3n) is 6.49. The number of rotatable bonds is 9. The Bertz CT molecular complexity index is 994. The molecule has 1 aliphatic rings. The molecule has 33 heavy (non-hydrogen) atoms. The van der Waals surface area contributed by atoms with Crippen LogP contribution < -0.4 is 5.73 Å². The number of nitrogens with two attached hydrogens (primary N) is 1. The largest absolute Gasteiger partial charge is 0.478 e. The molecule has 0 bridgehead atoms. The van der Waals surface area contributed by atoms with Crippen molar-refractivity contribution in [1.29, 1.82) is 0 Å². The molecule has 0 saturated heterocycles. The van der Waals surface area contributed by atoms with Gasteiger partial charge in [0.1, 0.15) is 6.10 Å². The molecule has 176 valence electrons. The summed E-state index contributed by atoms with van der Waals surface area (Å²) in [6.45, 7) is 2.33. The van der Waals surface area contributed by atoms with E-state index in [9.17, 15) is 9.90 Å². The van der Waals surface area contributed by atoms with Crippen molar-refractivity contribution in [3.63, 3.8) is 0 Å². The molecule has 6 heteroatoms. The van der Waals surface area contributed by atoms with Crippen LogP contribution in [-0.4, -0.2) is 36.4 Å². The number of benzene rings is 2. The normalized spacial score (nSPS) is 16.2. The summed E-state index contributed by atoms with van der Waals surface area (Å²) < 4.78 is 6.30. The number of aryl methyl sites for hydroxylation is 1. The molecule has 6 nitrogen and oxygen atoms in total. The average Bonchev–Trinajstić information content (AvgIpc) is 2.83. The van der Waals surface area contributed by atoms with Crippen molar-refractivity contribution in [2.45, 2.75) is 64.6 Å². The number of hydrogen-bond acceptors (Lipinski definition) is 3. The van der Waals surface area contributed by atoms with Gasteiger partial charge in [0.25, 0.3) is 0 Å². The maximum absolute atomic E-state index is 11.8. The SMILES string of the molecule is CN=C(N=CN)C(CCC1CCCCC1)OCc1ccc(C(=O)O)c(-c2ccccc2C)c1. The van der Waals surface area contributed by atoms with Crippen molar-refractivity contribution in [1.82, 2.24) is 0 Å². The van der Waals surface area contributed by atoms with E-state index in [0.717, 1.165) is 35.4 Å². The number of amidine groups is 1. The van der Waals surface area contributed by atoms with Crippen molar-refractivity contribution in [3.8, 4) is 11.1 Å². The molecule has 2 aromatic rings. The fraction of sp³-hybridized carbons (Fsp3) is 0.444. The number of hydrogen-bond donors (Lipinski definition) is 2.